The predicted octanol–water partition coefficient (Wildman–Crippen LogP) is 1.91. The van der Waals surface area contributed by atoms with Gasteiger partial charge in [-0.3, -0.25) is 4.79 Å². The topological polar surface area (TPSA) is 85.4 Å². The van der Waals surface area contributed by atoms with Crippen LogP contribution in [0.25, 0.3) is 0 Å². The van der Waals surface area contributed by atoms with E-state index in [-0.39, 0.29) is 5.91 Å². The summed E-state index contributed by atoms with van der Waals surface area (Å²) in [5, 5.41) is 5.97. The molecule has 1 aromatic heterocycles. The molecule has 0 saturated heterocycles. The third kappa shape index (κ3) is 6.04. The number of benzene rings is 1. The van der Waals surface area contributed by atoms with Gasteiger partial charge in [0.2, 0.25) is 0 Å². The van der Waals surface area contributed by atoms with E-state index in [1.165, 1.54) is 6.20 Å². The zero-order valence-electron chi connectivity index (χ0n) is 14.6. The van der Waals surface area contributed by atoms with Gasteiger partial charge in [0.15, 0.2) is 0 Å². The molecule has 0 bridgehead atoms. The van der Waals surface area contributed by atoms with Crippen LogP contribution in [0.3, 0.4) is 0 Å². The second-order valence-electron chi connectivity index (χ2n) is 5.38. The Morgan fingerprint density at radius 1 is 1.12 bits per heavy atom. The van der Waals surface area contributed by atoms with Crippen molar-refractivity contribution in [2.45, 2.75) is 12.8 Å². The highest BCUT2D eigenvalue weighted by molar-refractivity contribution is 5.92. The molecule has 2 rings (SSSR count). The number of nitrogens with zero attached hydrogens (tertiary/aromatic N) is 2. The quantitative estimate of drug-likeness (QED) is 0.641. The van der Waals surface area contributed by atoms with Crippen molar-refractivity contribution >= 4 is 11.7 Å². The molecular formula is C18H24N4O3. The molecule has 25 heavy (non-hydrogen) atoms. The molecule has 0 aliphatic rings. The highest BCUT2D eigenvalue weighted by Gasteiger charge is 2.08. The molecule has 0 spiro atoms. The van der Waals surface area contributed by atoms with Crippen LogP contribution in [-0.4, -0.2) is 49.8 Å². The number of hydrogen-bond donors (Lipinski definition) is 2. The number of carbonyl (C=O) groups is 1. The summed E-state index contributed by atoms with van der Waals surface area (Å²) in [6.45, 7) is 1.93. The number of anilines is 1. The van der Waals surface area contributed by atoms with Gasteiger partial charge in [-0.15, -0.1) is 0 Å². The lowest BCUT2D eigenvalue weighted by molar-refractivity contribution is 0.0948. The lowest BCUT2D eigenvalue weighted by Gasteiger charge is -2.09. The van der Waals surface area contributed by atoms with Crippen LogP contribution < -0.4 is 15.4 Å². The monoisotopic (exact) mass is 344 g/mol. The molecule has 0 atom stereocenters. The third-order valence-electron chi connectivity index (χ3n) is 3.59. The van der Waals surface area contributed by atoms with Gasteiger partial charge >= 0.3 is 0 Å². The lowest BCUT2D eigenvalue weighted by Crippen LogP contribution is -2.26. The van der Waals surface area contributed by atoms with E-state index in [9.17, 15) is 4.79 Å². The molecule has 0 aliphatic heterocycles. The van der Waals surface area contributed by atoms with E-state index in [4.69, 9.17) is 9.47 Å². The van der Waals surface area contributed by atoms with E-state index in [2.05, 4.69) is 20.6 Å². The maximum absolute atomic E-state index is 12.1. The van der Waals surface area contributed by atoms with Gasteiger partial charge in [0, 0.05) is 26.8 Å². The summed E-state index contributed by atoms with van der Waals surface area (Å²) in [6, 6.07) is 7.75. The number of hydrogen-bond acceptors (Lipinski definition) is 6. The highest BCUT2D eigenvalue weighted by atomic mass is 16.5. The van der Waals surface area contributed by atoms with Crippen LogP contribution in [0.4, 0.5) is 5.82 Å². The van der Waals surface area contributed by atoms with Crippen molar-refractivity contribution in [3.8, 4) is 5.75 Å². The number of rotatable bonds is 10. The summed E-state index contributed by atoms with van der Waals surface area (Å²) in [6.07, 6.45) is 4.59. The fourth-order valence-electron chi connectivity index (χ4n) is 2.28. The van der Waals surface area contributed by atoms with Crippen LogP contribution in [-0.2, 0) is 11.2 Å². The molecule has 0 aliphatic carbocycles. The molecule has 134 valence electrons. The van der Waals surface area contributed by atoms with Crippen LogP contribution in [0.15, 0.2) is 36.7 Å². The summed E-state index contributed by atoms with van der Waals surface area (Å²) in [5.41, 5.74) is 1.34. The van der Waals surface area contributed by atoms with Crippen molar-refractivity contribution in [3.63, 3.8) is 0 Å². The van der Waals surface area contributed by atoms with Crippen molar-refractivity contribution in [2.24, 2.45) is 0 Å². The zero-order chi connectivity index (χ0) is 17.9. The normalized spacial score (nSPS) is 10.3. The first kappa shape index (κ1) is 18.7. The van der Waals surface area contributed by atoms with Crippen LogP contribution in [0.1, 0.15) is 22.5 Å². The van der Waals surface area contributed by atoms with Gasteiger partial charge < -0.3 is 20.1 Å². The maximum Gasteiger partial charge on any atom is 0.271 e. The summed E-state index contributed by atoms with van der Waals surface area (Å²) < 4.78 is 10.3. The molecule has 0 saturated carbocycles. The number of methoxy groups -OCH3 is 2. The Hall–Kier alpha value is -2.67. The number of nitrogens with one attached hydrogen (secondary N) is 2. The number of amides is 1. The molecule has 7 nitrogen and oxygen atoms in total. The minimum atomic E-state index is -0.242. The molecule has 1 aromatic carbocycles. The van der Waals surface area contributed by atoms with Crippen LogP contribution in [0.2, 0.25) is 0 Å². The number of carbonyl (C=O) groups excluding carboxylic acids is 1. The first-order valence-corrected chi connectivity index (χ1v) is 8.19. The van der Waals surface area contributed by atoms with E-state index in [0.717, 1.165) is 24.3 Å². The van der Waals surface area contributed by atoms with Gasteiger partial charge in [-0.1, -0.05) is 18.2 Å². The molecule has 0 radical (unpaired) electrons. The van der Waals surface area contributed by atoms with Crippen molar-refractivity contribution in [2.75, 3.05) is 39.2 Å². The Balaban J connectivity index is 1.78. The van der Waals surface area contributed by atoms with E-state index in [0.29, 0.717) is 31.1 Å². The largest absolute Gasteiger partial charge is 0.496 e. The zero-order valence-corrected chi connectivity index (χ0v) is 14.6. The van der Waals surface area contributed by atoms with Crippen molar-refractivity contribution < 1.29 is 14.3 Å². The maximum atomic E-state index is 12.1. The Labute approximate surface area is 147 Å². The molecule has 1 heterocycles. The molecule has 0 unspecified atom stereocenters. The lowest BCUT2D eigenvalue weighted by atomic mass is 10.1. The van der Waals surface area contributed by atoms with Crippen molar-refractivity contribution in [1.29, 1.82) is 0 Å². The van der Waals surface area contributed by atoms with Crippen molar-refractivity contribution in [1.82, 2.24) is 15.3 Å². The van der Waals surface area contributed by atoms with E-state index >= 15 is 0 Å². The third-order valence-corrected chi connectivity index (χ3v) is 3.59. The van der Waals surface area contributed by atoms with Crippen LogP contribution in [0.5, 0.6) is 5.75 Å². The standard InChI is InChI=1S/C18H24N4O3/c1-24-11-5-9-19-17-13-21-15(12-22-17)18(23)20-10-8-14-6-3-4-7-16(14)25-2/h3-4,6-7,12-13H,5,8-11H2,1-2H3,(H,19,22)(H,20,23). The molecular weight excluding hydrogens is 320 g/mol. The molecule has 0 fully saturated rings. The van der Waals surface area contributed by atoms with Gasteiger partial charge in [-0.05, 0) is 24.5 Å². The second-order valence-corrected chi connectivity index (χ2v) is 5.38. The predicted molar refractivity (Wildman–Crippen MR) is 96.0 cm³/mol. The Morgan fingerprint density at radius 3 is 2.68 bits per heavy atom. The second kappa shape index (κ2) is 10.2. The van der Waals surface area contributed by atoms with Gasteiger partial charge in [0.05, 0.1) is 19.5 Å². The Kier molecular flexibility index (Phi) is 7.65. The minimum absolute atomic E-state index is 0.242. The van der Waals surface area contributed by atoms with E-state index < -0.39 is 0 Å². The number of ether oxygens (including phenoxy) is 2. The molecule has 2 aromatic rings. The fourth-order valence-corrected chi connectivity index (χ4v) is 2.28. The Bertz CT molecular complexity index is 662. The average Bonchev–Trinajstić information content (AvgIpc) is 2.66. The van der Waals surface area contributed by atoms with Gasteiger partial charge in [0.1, 0.15) is 17.3 Å². The van der Waals surface area contributed by atoms with Crippen LogP contribution in [0, 0.1) is 0 Å². The summed E-state index contributed by atoms with van der Waals surface area (Å²) in [7, 11) is 3.30. The summed E-state index contributed by atoms with van der Waals surface area (Å²) in [5.74, 6) is 1.22. The summed E-state index contributed by atoms with van der Waals surface area (Å²) in [4.78, 5) is 20.5. The highest BCUT2D eigenvalue weighted by Crippen LogP contribution is 2.17. The minimum Gasteiger partial charge on any atom is -0.496 e. The SMILES string of the molecule is COCCCNc1cnc(C(=O)NCCc2ccccc2OC)cn1. The van der Waals surface area contributed by atoms with E-state index in [1.807, 2.05) is 24.3 Å². The number of aromatic nitrogens is 2. The first-order chi connectivity index (χ1) is 12.2. The van der Waals surface area contributed by atoms with Gasteiger partial charge in [-0.2, -0.15) is 0 Å². The number of para-hydroxylation sites is 1. The molecule has 1 amide bonds. The molecule has 7 heteroatoms. The van der Waals surface area contributed by atoms with Gasteiger partial charge in [0.25, 0.3) is 5.91 Å². The molecule has 2 N–H and O–H groups in total. The summed E-state index contributed by atoms with van der Waals surface area (Å²) >= 11 is 0. The smallest absolute Gasteiger partial charge is 0.271 e. The van der Waals surface area contributed by atoms with Gasteiger partial charge in [-0.25, -0.2) is 9.97 Å². The fraction of sp³-hybridized carbons (Fsp3) is 0.389. The average molecular weight is 344 g/mol. The first-order valence-electron chi connectivity index (χ1n) is 8.19. The van der Waals surface area contributed by atoms with E-state index in [1.54, 1.807) is 20.4 Å². The Morgan fingerprint density at radius 2 is 1.96 bits per heavy atom. The van der Waals surface area contributed by atoms with Crippen LogP contribution >= 0.6 is 0 Å². The van der Waals surface area contributed by atoms with Crippen molar-refractivity contribution in [3.05, 3.63) is 47.9 Å².